The molecule has 1 aromatic heterocycles. The molecule has 33 heavy (non-hydrogen) atoms. The molecule has 2 heterocycles. The third kappa shape index (κ3) is 6.68. The largest absolute Gasteiger partial charge is 0.444 e. The van der Waals surface area contributed by atoms with Gasteiger partial charge in [0.1, 0.15) is 12.1 Å². The quantitative estimate of drug-likeness (QED) is 0.765. The molecule has 1 aliphatic rings. The molecule has 0 radical (unpaired) electrons. The highest BCUT2D eigenvalue weighted by atomic mass is 16.6. The molecule has 0 unspecified atom stereocenters. The number of pyridine rings is 1. The Balaban J connectivity index is 1.53. The van der Waals surface area contributed by atoms with Crippen LogP contribution in [0.1, 0.15) is 36.7 Å². The number of nitrogens with zero attached hydrogens (tertiary/aromatic N) is 3. The van der Waals surface area contributed by atoms with E-state index in [1.54, 1.807) is 46.3 Å². The third-order valence-electron chi connectivity index (χ3n) is 5.08. The van der Waals surface area contributed by atoms with E-state index in [4.69, 9.17) is 4.74 Å². The lowest BCUT2D eigenvalue weighted by molar-refractivity contribution is -0.116. The molecule has 1 N–H and O–H groups in total. The molecule has 0 bridgehead atoms. The molecule has 1 aromatic carbocycles. The van der Waals surface area contributed by atoms with Gasteiger partial charge in [-0.15, -0.1) is 0 Å². The fraction of sp³-hybridized carbons (Fsp3) is 0.417. The number of aryl methyl sites for hydroxylation is 1. The second kappa shape index (κ2) is 9.89. The van der Waals surface area contributed by atoms with Crippen molar-refractivity contribution in [1.82, 2.24) is 14.4 Å². The van der Waals surface area contributed by atoms with Gasteiger partial charge in [0.25, 0.3) is 11.5 Å². The van der Waals surface area contributed by atoms with E-state index in [0.717, 1.165) is 5.56 Å². The molecule has 9 heteroatoms. The summed E-state index contributed by atoms with van der Waals surface area (Å²) < 4.78 is 6.73. The van der Waals surface area contributed by atoms with Crippen molar-refractivity contribution in [2.75, 3.05) is 31.5 Å². The molecule has 1 fully saturated rings. The smallest absolute Gasteiger partial charge is 0.410 e. The molecule has 2 aromatic rings. The van der Waals surface area contributed by atoms with E-state index in [1.165, 1.54) is 10.6 Å². The molecule has 1 aliphatic heterocycles. The Kier molecular flexibility index (Phi) is 7.20. The molecular weight excluding hydrogens is 424 g/mol. The molecule has 0 atom stereocenters. The van der Waals surface area contributed by atoms with Gasteiger partial charge < -0.3 is 24.4 Å². The van der Waals surface area contributed by atoms with E-state index in [9.17, 15) is 19.2 Å². The zero-order valence-corrected chi connectivity index (χ0v) is 19.5. The van der Waals surface area contributed by atoms with Gasteiger partial charge >= 0.3 is 6.09 Å². The Labute approximate surface area is 192 Å². The summed E-state index contributed by atoms with van der Waals surface area (Å²) in [6, 6.07) is 9.73. The van der Waals surface area contributed by atoms with Gasteiger partial charge in [0.15, 0.2) is 0 Å². The summed E-state index contributed by atoms with van der Waals surface area (Å²) in [6.45, 7) is 8.87. The number of anilines is 1. The minimum atomic E-state index is -0.558. The van der Waals surface area contributed by atoms with Crippen molar-refractivity contribution in [2.45, 2.75) is 39.8 Å². The van der Waals surface area contributed by atoms with Gasteiger partial charge in [0, 0.05) is 49.7 Å². The highest BCUT2D eigenvalue weighted by molar-refractivity contribution is 5.96. The van der Waals surface area contributed by atoms with Crippen LogP contribution in [0.3, 0.4) is 0 Å². The molecular formula is C24H30N4O5. The van der Waals surface area contributed by atoms with Crippen LogP contribution >= 0.6 is 0 Å². The van der Waals surface area contributed by atoms with Gasteiger partial charge in [-0.2, -0.15) is 0 Å². The van der Waals surface area contributed by atoms with Crippen molar-refractivity contribution >= 4 is 23.6 Å². The summed E-state index contributed by atoms with van der Waals surface area (Å²) in [5.41, 5.74) is 1.11. The molecule has 0 saturated carbocycles. The van der Waals surface area contributed by atoms with Crippen LogP contribution in [-0.4, -0.2) is 64.1 Å². The van der Waals surface area contributed by atoms with Crippen LogP contribution in [0, 0.1) is 6.92 Å². The first-order chi connectivity index (χ1) is 15.5. The Morgan fingerprint density at radius 1 is 0.939 bits per heavy atom. The van der Waals surface area contributed by atoms with Gasteiger partial charge in [-0.25, -0.2) is 4.79 Å². The molecule has 1 saturated heterocycles. The minimum Gasteiger partial charge on any atom is -0.444 e. The number of nitrogens with one attached hydrogen (secondary N) is 1. The van der Waals surface area contributed by atoms with Gasteiger partial charge in [-0.1, -0.05) is 6.07 Å². The van der Waals surface area contributed by atoms with E-state index in [-0.39, 0.29) is 30.0 Å². The van der Waals surface area contributed by atoms with Gasteiger partial charge in [0.2, 0.25) is 5.91 Å². The number of piperazine rings is 1. The van der Waals surface area contributed by atoms with Crippen molar-refractivity contribution in [3.8, 4) is 0 Å². The molecule has 176 valence electrons. The zero-order valence-electron chi connectivity index (χ0n) is 19.5. The van der Waals surface area contributed by atoms with E-state index < -0.39 is 5.60 Å². The first-order valence-corrected chi connectivity index (χ1v) is 10.9. The lowest BCUT2D eigenvalue weighted by atomic mass is 10.1. The average Bonchev–Trinajstić information content (AvgIpc) is 2.75. The maximum Gasteiger partial charge on any atom is 0.410 e. The van der Waals surface area contributed by atoms with Crippen molar-refractivity contribution in [3.05, 3.63) is 64.1 Å². The Hall–Kier alpha value is -3.62. The molecule has 9 nitrogen and oxygen atoms in total. The Morgan fingerprint density at radius 3 is 2.15 bits per heavy atom. The van der Waals surface area contributed by atoms with E-state index in [0.29, 0.717) is 37.4 Å². The molecule has 3 amide bonds. The van der Waals surface area contributed by atoms with Crippen LogP contribution in [0.2, 0.25) is 0 Å². The number of hydrogen-bond acceptors (Lipinski definition) is 5. The highest BCUT2D eigenvalue weighted by Gasteiger charge is 2.28. The van der Waals surface area contributed by atoms with Crippen LogP contribution < -0.4 is 10.9 Å². The molecule has 3 rings (SSSR count). The molecule has 0 spiro atoms. The number of amides is 3. The Morgan fingerprint density at radius 2 is 1.55 bits per heavy atom. The summed E-state index contributed by atoms with van der Waals surface area (Å²) in [6.07, 6.45) is 1.26. The van der Waals surface area contributed by atoms with Crippen LogP contribution in [-0.2, 0) is 16.1 Å². The van der Waals surface area contributed by atoms with Gasteiger partial charge in [-0.05, 0) is 57.5 Å². The zero-order chi connectivity index (χ0) is 24.2. The fourth-order valence-electron chi connectivity index (χ4n) is 3.43. The lowest BCUT2D eigenvalue weighted by Crippen LogP contribution is -2.51. The number of hydrogen-bond donors (Lipinski definition) is 1. The maximum absolute atomic E-state index is 12.8. The number of aromatic nitrogens is 1. The summed E-state index contributed by atoms with van der Waals surface area (Å²) in [4.78, 5) is 52.5. The monoisotopic (exact) mass is 454 g/mol. The number of benzene rings is 1. The second-order valence-electron chi connectivity index (χ2n) is 9.06. The lowest BCUT2D eigenvalue weighted by Gasteiger charge is -2.35. The minimum absolute atomic E-state index is 0.0941. The van der Waals surface area contributed by atoms with Crippen molar-refractivity contribution in [3.63, 3.8) is 0 Å². The van der Waals surface area contributed by atoms with E-state index >= 15 is 0 Å². The summed E-state index contributed by atoms with van der Waals surface area (Å²) in [7, 11) is 0. The first kappa shape index (κ1) is 24.0. The van der Waals surface area contributed by atoms with Crippen LogP contribution in [0.25, 0.3) is 0 Å². The van der Waals surface area contributed by atoms with Crippen LogP contribution in [0.5, 0.6) is 0 Å². The normalized spacial score (nSPS) is 14.1. The van der Waals surface area contributed by atoms with Crippen molar-refractivity contribution in [2.24, 2.45) is 0 Å². The topological polar surface area (TPSA) is 101 Å². The van der Waals surface area contributed by atoms with Crippen LogP contribution in [0.15, 0.2) is 47.4 Å². The fourth-order valence-corrected chi connectivity index (χ4v) is 3.43. The standard InChI is InChI=1S/C24H30N4O5/c1-17-5-10-21(30)28(15-17)16-20(29)25-19-8-6-18(7-9-19)22(31)26-11-13-27(14-12-26)23(32)33-24(2,3)4/h5-10,15H,11-14,16H2,1-4H3,(H,25,29). The number of rotatable bonds is 4. The first-order valence-electron chi connectivity index (χ1n) is 10.9. The van der Waals surface area contributed by atoms with E-state index in [2.05, 4.69) is 5.32 Å². The predicted molar refractivity (Wildman–Crippen MR) is 124 cm³/mol. The van der Waals surface area contributed by atoms with Gasteiger partial charge in [-0.3, -0.25) is 14.4 Å². The van der Waals surface area contributed by atoms with Crippen molar-refractivity contribution < 1.29 is 19.1 Å². The maximum atomic E-state index is 12.8. The van der Waals surface area contributed by atoms with E-state index in [1.807, 2.05) is 27.7 Å². The number of ether oxygens (including phenoxy) is 1. The van der Waals surface area contributed by atoms with Crippen molar-refractivity contribution in [1.29, 1.82) is 0 Å². The summed E-state index contributed by atoms with van der Waals surface area (Å²) in [5, 5.41) is 2.74. The summed E-state index contributed by atoms with van der Waals surface area (Å²) >= 11 is 0. The van der Waals surface area contributed by atoms with Gasteiger partial charge in [0.05, 0.1) is 0 Å². The predicted octanol–water partition coefficient (Wildman–Crippen LogP) is 2.49. The average molecular weight is 455 g/mol. The second-order valence-corrected chi connectivity index (χ2v) is 9.06. The number of carbonyl (C=O) groups is 3. The SMILES string of the molecule is Cc1ccc(=O)n(CC(=O)Nc2ccc(C(=O)N3CCN(C(=O)OC(C)(C)C)CC3)cc2)c1. The number of carbonyl (C=O) groups excluding carboxylic acids is 3. The summed E-state index contributed by atoms with van der Waals surface area (Å²) in [5.74, 6) is -0.469. The highest BCUT2D eigenvalue weighted by Crippen LogP contribution is 2.15. The van der Waals surface area contributed by atoms with Crippen LogP contribution in [0.4, 0.5) is 10.5 Å². The molecule has 0 aliphatic carbocycles. The third-order valence-corrected chi connectivity index (χ3v) is 5.08. The Bertz CT molecular complexity index is 1080.